The summed E-state index contributed by atoms with van der Waals surface area (Å²) in [4.78, 5) is 28.8. The highest BCUT2D eigenvalue weighted by molar-refractivity contribution is 7.46. The normalized spacial score (nSPS) is 12.5. The Kier molecular flexibility index (Phi) is 10.7. The van der Waals surface area contributed by atoms with Crippen molar-refractivity contribution in [1.29, 1.82) is 0 Å². The molecule has 0 aromatic carbocycles. The maximum Gasteiger partial charge on any atom is 0.469 e. The smallest absolute Gasteiger partial charge is 0.460 e. The highest BCUT2D eigenvalue weighted by Gasteiger charge is 2.15. The van der Waals surface area contributed by atoms with Crippen molar-refractivity contribution in [3.8, 4) is 0 Å². The number of hydrogen-bond acceptors (Lipinski definition) is 4. The van der Waals surface area contributed by atoms with Gasteiger partial charge in [-0.3, -0.25) is 4.52 Å². The monoisotopic (exact) mass is 308 g/mol. The number of carbonyl (C=O) groups excluding carboxylic acids is 1. The van der Waals surface area contributed by atoms with Crippen LogP contribution in [0.15, 0.2) is 11.6 Å². The number of unbranched alkanes of at least 4 members (excludes halogenated alkanes) is 3. The first-order chi connectivity index (χ1) is 9.40. The maximum atomic E-state index is 11.8. The zero-order valence-electron chi connectivity index (χ0n) is 12.2. The number of carbonyl (C=O) groups is 1. The van der Waals surface area contributed by atoms with E-state index < -0.39 is 13.8 Å². The molecule has 0 heterocycles. The summed E-state index contributed by atoms with van der Waals surface area (Å²) in [6.07, 6.45) is 7.37. The second kappa shape index (κ2) is 11.0. The van der Waals surface area contributed by atoms with Crippen LogP contribution in [0.3, 0.4) is 0 Å². The Bertz CT molecular complexity index is 347. The molecule has 0 rings (SSSR count). The summed E-state index contributed by atoms with van der Waals surface area (Å²) in [5, 5.41) is 0. The van der Waals surface area contributed by atoms with Crippen molar-refractivity contribution >= 4 is 13.8 Å². The van der Waals surface area contributed by atoms with E-state index in [1.54, 1.807) is 0 Å². The Morgan fingerprint density at radius 1 is 1.15 bits per heavy atom. The molecule has 0 aromatic heterocycles. The number of ether oxygens (including phenoxy) is 1. The van der Waals surface area contributed by atoms with Crippen molar-refractivity contribution in [1.82, 2.24) is 0 Å². The van der Waals surface area contributed by atoms with Gasteiger partial charge in [0.05, 0.1) is 6.61 Å². The third-order valence-corrected chi connectivity index (χ3v) is 3.11. The minimum Gasteiger partial charge on any atom is -0.460 e. The lowest BCUT2D eigenvalue weighted by molar-refractivity contribution is -0.140. The molecule has 118 valence electrons. The number of hydrogen-bond donors (Lipinski definition) is 2. The summed E-state index contributed by atoms with van der Waals surface area (Å²) in [5.41, 5.74) is 0.636. The van der Waals surface area contributed by atoms with E-state index in [0.717, 1.165) is 32.1 Å². The fourth-order valence-corrected chi connectivity index (χ4v) is 1.83. The molecular formula is C13H25O6P. The van der Waals surface area contributed by atoms with E-state index >= 15 is 0 Å². The second-order valence-corrected chi connectivity index (χ2v) is 5.67. The van der Waals surface area contributed by atoms with Crippen LogP contribution in [0.1, 0.15) is 52.4 Å². The van der Waals surface area contributed by atoms with Crippen LogP contribution in [-0.2, 0) is 18.6 Å². The topological polar surface area (TPSA) is 93.1 Å². The quantitative estimate of drug-likeness (QED) is 0.264. The standard InChI is InChI=1S/C13H25O6P/c1-3-5-7-9-12(8-6-4-2)13(14)18-10-11-19-20(15,16)17/h9H,3-8,10-11H2,1-2H3,(H2,15,16,17). The van der Waals surface area contributed by atoms with Crippen LogP contribution in [0.5, 0.6) is 0 Å². The van der Waals surface area contributed by atoms with Gasteiger partial charge in [-0.15, -0.1) is 0 Å². The number of phosphoric ester groups is 1. The molecule has 0 amide bonds. The zero-order chi connectivity index (χ0) is 15.4. The molecule has 0 unspecified atom stereocenters. The average molecular weight is 308 g/mol. The van der Waals surface area contributed by atoms with Crippen molar-refractivity contribution in [3.05, 3.63) is 11.6 Å². The van der Waals surface area contributed by atoms with Crippen molar-refractivity contribution in [2.24, 2.45) is 0 Å². The van der Waals surface area contributed by atoms with Crippen LogP contribution < -0.4 is 0 Å². The third-order valence-electron chi connectivity index (χ3n) is 2.59. The summed E-state index contributed by atoms with van der Waals surface area (Å²) >= 11 is 0. The lowest BCUT2D eigenvalue weighted by Gasteiger charge is -2.09. The van der Waals surface area contributed by atoms with Crippen LogP contribution in [0, 0.1) is 0 Å². The van der Waals surface area contributed by atoms with E-state index in [1.165, 1.54) is 0 Å². The average Bonchev–Trinajstić information content (AvgIpc) is 2.37. The van der Waals surface area contributed by atoms with E-state index in [4.69, 9.17) is 14.5 Å². The van der Waals surface area contributed by atoms with Crippen LogP contribution in [-0.4, -0.2) is 29.0 Å². The summed E-state index contributed by atoms with van der Waals surface area (Å²) in [6, 6.07) is 0. The van der Waals surface area contributed by atoms with Crippen LogP contribution in [0.4, 0.5) is 0 Å². The van der Waals surface area contributed by atoms with Gasteiger partial charge in [0.15, 0.2) is 0 Å². The zero-order valence-corrected chi connectivity index (χ0v) is 13.1. The molecule has 0 fully saturated rings. The van der Waals surface area contributed by atoms with Gasteiger partial charge in [0.1, 0.15) is 6.61 Å². The highest BCUT2D eigenvalue weighted by Crippen LogP contribution is 2.35. The predicted molar refractivity (Wildman–Crippen MR) is 76.1 cm³/mol. The molecule has 0 aromatic rings. The highest BCUT2D eigenvalue weighted by atomic mass is 31.2. The maximum absolute atomic E-state index is 11.8. The third kappa shape index (κ3) is 11.2. The molecule has 0 spiro atoms. The molecule has 0 aliphatic rings. The summed E-state index contributed by atoms with van der Waals surface area (Å²) in [5.74, 6) is -0.427. The molecule has 0 radical (unpaired) electrons. The second-order valence-electron chi connectivity index (χ2n) is 4.43. The first-order valence-corrected chi connectivity index (χ1v) is 8.50. The van der Waals surface area contributed by atoms with Gasteiger partial charge in [-0.25, -0.2) is 9.36 Å². The van der Waals surface area contributed by atoms with Gasteiger partial charge in [-0.2, -0.15) is 0 Å². The van der Waals surface area contributed by atoms with E-state index in [0.29, 0.717) is 12.0 Å². The SMILES string of the molecule is CCCCC=C(CCCC)C(=O)OCCOP(=O)(O)O. The molecular weight excluding hydrogens is 283 g/mol. The Balaban J connectivity index is 4.19. The fraction of sp³-hybridized carbons (Fsp3) is 0.769. The number of allylic oxidation sites excluding steroid dienone is 1. The Hall–Kier alpha value is -0.680. The van der Waals surface area contributed by atoms with Crippen LogP contribution >= 0.6 is 7.82 Å². The number of esters is 1. The molecule has 6 nitrogen and oxygen atoms in total. The number of rotatable bonds is 11. The fourth-order valence-electron chi connectivity index (χ4n) is 1.52. The van der Waals surface area contributed by atoms with E-state index in [2.05, 4.69) is 11.4 Å². The molecule has 20 heavy (non-hydrogen) atoms. The first-order valence-electron chi connectivity index (χ1n) is 6.97. The van der Waals surface area contributed by atoms with Crippen LogP contribution in [0.25, 0.3) is 0 Å². The van der Waals surface area contributed by atoms with E-state index in [-0.39, 0.29) is 13.2 Å². The lowest BCUT2D eigenvalue weighted by Crippen LogP contribution is -2.12. The van der Waals surface area contributed by atoms with Gasteiger partial charge in [-0.1, -0.05) is 39.2 Å². The molecule has 2 N–H and O–H groups in total. The Labute approximate surface area is 120 Å². The van der Waals surface area contributed by atoms with Crippen LogP contribution in [0.2, 0.25) is 0 Å². The van der Waals surface area contributed by atoms with Gasteiger partial charge in [0.25, 0.3) is 0 Å². The van der Waals surface area contributed by atoms with E-state index in [9.17, 15) is 9.36 Å². The minimum absolute atomic E-state index is 0.165. The lowest BCUT2D eigenvalue weighted by atomic mass is 10.1. The van der Waals surface area contributed by atoms with Gasteiger partial charge >= 0.3 is 13.8 Å². The molecule has 0 aliphatic heterocycles. The predicted octanol–water partition coefficient (Wildman–Crippen LogP) is 2.95. The summed E-state index contributed by atoms with van der Waals surface area (Å²) in [7, 11) is -4.49. The first kappa shape index (κ1) is 19.3. The van der Waals surface area contributed by atoms with Gasteiger partial charge < -0.3 is 14.5 Å². The van der Waals surface area contributed by atoms with Crippen molar-refractivity contribution in [2.75, 3.05) is 13.2 Å². The van der Waals surface area contributed by atoms with Gasteiger partial charge in [0, 0.05) is 5.57 Å². The van der Waals surface area contributed by atoms with E-state index in [1.807, 2.05) is 13.0 Å². The molecule has 0 bridgehead atoms. The molecule has 0 aliphatic carbocycles. The van der Waals surface area contributed by atoms with Crippen molar-refractivity contribution < 1.29 is 28.4 Å². The summed E-state index contributed by atoms with van der Waals surface area (Å²) < 4.78 is 19.6. The minimum atomic E-state index is -4.49. The number of phosphoric acid groups is 1. The Morgan fingerprint density at radius 2 is 1.80 bits per heavy atom. The molecule has 0 atom stereocenters. The van der Waals surface area contributed by atoms with Gasteiger partial charge in [0.2, 0.25) is 0 Å². The van der Waals surface area contributed by atoms with Crippen molar-refractivity contribution in [3.63, 3.8) is 0 Å². The summed E-state index contributed by atoms with van der Waals surface area (Å²) in [6.45, 7) is 3.65. The Morgan fingerprint density at radius 3 is 2.35 bits per heavy atom. The van der Waals surface area contributed by atoms with Crippen molar-refractivity contribution in [2.45, 2.75) is 52.4 Å². The molecule has 0 saturated carbocycles. The molecule has 0 saturated heterocycles. The largest absolute Gasteiger partial charge is 0.469 e. The molecule has 7 heteroatoms. The van der Waals surface area contributed by atoms with Gasteiger partial charge in [-0.05, 0) is 19.3 Å².